The molecule has 0 fully saturated rings. The number of ether oxygens (including phenoxy) is 1. The Kier molecular flexibility index (Phi) is 5.47. The average Bonchev–Trinajstić information content (AvgIpc) is 2.54. The number of hydrogen-bond acceptors (Lipinski definition) is 5. The van der Waals surface area contributed by atoms with Crippen molar-refractivity contribution in [1.82, 2.24) is 15.3 Å². The third kappa shape index (κ3) is 5.35. The molecule has 1 amide bonds. The van der Waals surface area contributed by atoms with E-state index in [9.17, 15) is 9.59 Å². The van der Waals surface area contributed by atoms with Crippen molar-refractivity contribution in [2.75, 3.05) is 0 Å². The zero-order valence-electron chi connectivity index (χ0n) is 13.5. The molecule has 1 aromatic heterocycles. The molecule has 1 aromatic carbocycles. The van der Waals surface area contributed by atoms with Gasteiger partial charge in [0, 0.05) is 29.9 Å². The second-order valence-corrected chi connectivity index (χ2v) is 5.91. The van der Waals surface area contributed by atoms with Crippen molar-refractivity contribution in [1.29, 1.82) is 0 Å². The highest BCUT2D eigenvalue weighted by Gasteiger charge is 2.22. The van der Waals surface area contributed by atoms with Crippen LogP contribution in [-0.4, -0.2) is 32.5 Å². The Morgan fingerprint density at radius 3 is 2.75 bits per heavy atom. The Hall–Kier alpha value is -2.96. The topological polar surface area (TPSA) is 101 Å². The predicted molar refractivity (Wildman–Crippen MR) is 87.0 cm³/mol. The monoisotopic (exact) mass is 329 g/mol. The van der Waals surface area contributed by atoms with Gasteiger partial charge in [0.05, 0.1) is 6.20 Å². The maximum Gasteiger partial charge on any atom is 0.303 e. The zero-order chi connectivity index (χ0) is 17.6. The number of nitrogens with zero attached hydrogens (tertiary/aromatic N) is 2. The summed E-state index contributed by atoms with van der Waals surface area (Å²) >= 11 is 0. The second kappa shape index (κ2) is 7.54. The van der Waals surface area contributed by atoms with E-state index in [0.29, 0.717) is 23.6 Å². The van der Waals surface area contributed by atoms with Gasteiger partial charge >= 0.3 is 5.97 Å². The lowest BCUT2D eigenvalue weighted by Crippen LogP contribution is -2.43. The van der Waals surface area contributed by atoms with E-state index in [2.05, 4.69) is 15.3 Å². The first-order valence-electron chi connectivity index (χ1n) is 7.44. The lowest BCUT2D eigenvalue weighted by Gasteiger charge is -2.25. The molecule has 0 saturated heterocycles. The first-order chi connectivity index (χ1) is 11.4. The summed E-state index contributed by atoms with van der Waals surface area (Å²) in [6.45, 7) is 3.57. The number of rotatable bonds is 7. The van der Waals surface area contributed by atoms with Crippen LogP contribution in [0.1, 0.15) is 37.0 Å². The molecule has 7 heteroatoms. The van der Waals surface area contributed by atoms with E-state index in [1.54, 1.807) is 38.1 Å². The molecule has 7 nitrogen and oxygen atoms in total. The highest BCUT2D eigenvalue weighted by atomic mass is 16.5. The summed E-state index contributed by atoms with van der Waals surface area (Å²) in [6, 6.07) is 6.66. The lowest BCUT2D eigenvalue weighted by atomic mass is 9.97. The smallest absolute Gasteiger partial charge is 0.303 e. The number of carboxylic acid groups (broad SMARTS) is 1. The standard InChI is InChI=1S/C17H19N3O4/c1-17(2,7-6-15(21)22)20-16(23)12-4-3-5-13(10-12)24-14-11-18-8-9-19-14/h3-5,8-11H,6-7H2,1-2H3,(H,20,23)(H,21,22). The van der Waals surface area contributed by atoms with Crippen molar-refractivity contribution in [3.05, 3.63) is 48.4 Å². The summed E-state index contributed by atoms with van der Waals surface area (Å²) < 4.78 is 5.55. The Labute approximate surface area is 139 Å². The molecule has 0 bridgehead atoms. The Bertz CT molecular complexity index is 717. The molecule has 0 aliphatic heterocycles. The van der Waals surface area contributed by atoms with Crippen LogP contribution < -0.4 is 10.1 Å². The number of benzene rings is 1. The number of carbonyl (C=O) groups excluding carboxylic acids is 1. The molecule has 24 heavy (non-hydrogen) atoms. The van der Waals surface area contributed by atoms with Crippen LogP contribution in [0, 0.1) is 0 Å². The summed E-state index contributed by atoms with van der Waals surface area (Å²) in [5.41, 5.74) is -0.211. The van der Waals surface area contributed by atoms with Gasteiger partial charge in [-0.3, -0.25) is 14.6 Å². The summed E-state index contributed by atoms with van der Waals surface area (Å²) in [5.74, 6) is -0.394. The molecule has 2 aromatic rings. The number of carboxylic acids is 1. The second-order valence-electron chi connectivity index (χ2n) is 5.91. The molecular weight excluding hydrogens is 310 g/mol. The van der Waals surface area contributed by atoms with E-state index in [-0.39, 0.29) is 12.3 Å². The highest BCUT2D eigenvalue weighted by molar-refractivity contribution is 5.95. The van der Waals surface area contributed by atoms with Gasteiger partial charge in [0.25, 0.3) is 5.91 Å². The van der Waals surface area contributed by atoms with E-state index >= 15 is 0 Å². The minimum atomic E-state index is -0.892. The van der Waals surface area contributed by atoms with Crippen LogP contribution in [0.3, 0.4) is 0 Å². The minimum Gasteiger partial charge on any atom is -0.481 e. The molecule has 2 N–H and O–H groups in total. The fourth-order valence-electron chi connectivity index (χ4n) is 2.02. The fraction of sp³-hybridized carbons (Fsp3) is 0.294. The van der Waals surface area contributed by atoms with Gasteiger partial charge in [-0.1, -0.05) is 6.07 Å². The molecular formula is C17H19N3O4. The first kappa shape index (κ1) is 17.4. The van der Waals surface area contributed by atoms with Crippen LogP contribution in [0.15, 0.2) is 42.9 Å². The van der Waals surface area contributed by atoms with E-state index in [4.69, 9.17) is 9.84 Å². The van der Waals surface area contributed by atoms with Gasteiger partial charge < -0.3 is 15.2 Å². The molecule has 2 rings (SSSR count). The van der Waals surface area contributed by atoms with Crippen LogP contribution in [0.25, 0.3) is 0 Å². The Morgan fingerprint density at radius 2 is 2.08 bits per heavy atom. The molecule has 0 spiro atoms. The van der Waals surface area contributed by atoms with Gasteiger partial charge in [-0.2, -0.15) is 0 Å². The lowest BCUT2D eigenvalue weighted by molar-refractivity contribution is -0.137. The van der Waals surface area contributed by atoms with Crippen LogP contribution in [0.5, 0.6) is 11.6 Å². The molecule has 0 radical (unpaired) electrons. The molecule has 0 aliphatic carbocycles. The fourth-order valence-corrected chi connectivity index (χ4v) is 2.02. The van der Waals surface area contributed by atoms with Crippen molar-refractivity contribution >= 4 is 11.9 Å². The van der Waals surface area contributed by atoms with Gasteiger partial charge in [0.1, 0.15) is 5.75 Å². The van der Waals surface area contributed by atoms with E-state index < -0.39 is 11.5 Å². The van der Waals surface area contributed by atoms with Gasteiger partial charge in [-0.05, 0) is 38.5 Å². The summed E-state index contributed by atoms with van der Waals surface area (Å²) in [6.07, 6.45) is 4.85. The van der Waals surface area contributed by atoms with E-state index in [0.717, 1.165) is 0 Å². The number of nitrogens with one attached hydrogen (secondary N) is 1. The molecule has 0 aliphatic rings. The maximum absolute atomic E-state index is 12.4. The largest absolute Gasteiger partial charge is 0.481 e. The normalized spacial score (nSPS) is 10.9. The van der Waals surface area contributed by atoms with Crippen LogP contribution in [0.2, 0.25) is 0 Å². The van der Waals surface area contributed by atoms with Gasteiger partial charge in [0.15, 0.2) is 0 Å². The summed E-state index contributed by atoms with van der Waals surface area (Å²) in [5, 5.41) is 11.6. The zero-order valence-corrected chi connectivity index (χ0v) is 13.5. The quantitative estimate of drug-likeness (QED) is 0.810. The third-order valence-corrected chi connectivity index (χ3v) is 3.27. The third-order valence-electron chi connectivity index (χ3n) is 3.27. The summed E-state index contributed by atoms with van der Waals surface area (Å²) in [4.78, 5) is 31.0. The predicted octanol–water partition coefficient (Wildman–Crippen LogP) is 2.64. The van der Waals surface area contributed by atoms with Gasteiger partial charge in [-0.25, -0.2) is 4.98 Å². The molecule has 0 atom stereocenters. The van der Waals surface area contributed by atoms with Gasteiger partial charge in [-0.15, -0.1) is 0 Å². The van der Waals surface area contributed by atoms with E-state index in [1.807, 2.05) is 0 Å². The first-order valence-corrected chi connectivity index (χ1v) is 7.44. The number of hydrogen-bond donors (Lipinski definition) is 2. The number of carbonyl (C=O) groups is 2. The van der Waals surface area contributed by atoms with E-state index in [1.165, 1.54) is 18.6 Å². The number of aliphatic carboxylic acids is 1. The van der Waals surface area contributed by atoms with Crippen molar-refractivity contribution in [2.24, 2.45) is 0 Å². The highest BCUT2D eigenvalue weighted by Crippen LogP contribution is 2.20. The van der Waals surface area contributed by atoms with Crippen molar-refractivity contribution < 1.29 is 19.4 Å². The molecule has 1 heterocycles. The minimum absolute atomic E-state index is 0.0108. The Morgan fingerprint density at radius 1 is 1.29 bits per heavy atom. The van der Waals surface area contributed by atoms with Crippen molar-refractivity contribution in [3.8, 4) is 11.6 Å². The van der Waals surface area contributed by atoms with Crippen LogP contribution in [-0.2, 0) is 4.79 Å². The summed E-state index contributed by atoms with van der Waals surface area (Å²) in [7, 11) is 0. The van der Waals surface area contributed by atoms with Crippen molar-refractivity contribution in [3.63, 3.8) is 0 Å². The van der Waals surface area contributed by atoms with Crippen LogP contribution >= 0.6 is 0 Å². The SMILES string of the molecule is CC(C)(CCC(=O)O)NC(=O)c1cccc(Oc2cnccn2)c1. The molecule has 0 unspecified atom stereocenters. The number of amides is 1. The average molecular weight is 329 g/mol. The maximum atomic E-state index is 12.4. The molecule has 0 saturated carbocycles. The van der Waals surface area contributed by atoms with Crippen LogP contribution in [0.4, 0.5) is 0 Å². The van der Waals surface area contributed by atoms with Crippen molar-refractivity contribution in [2.45, 2.75) is 32.2 Å². The Balaban J connectivity index is 2.04. The molecule has 126 valence electrons. The number of aromatic nitrogens is 2. The van der Waals surface area contributed by atoms with Gasteiger partial charge in [0.2, 0.25) is 5.88 Å².